The Morgan fingerprint density at radius 2 is 1.89 bits per heavy atom. The van der Waals surface area contributed by atoms with Crippen molar-refractivity contribution >= 4 is 8.07 Å². The van der Waals surface area contributed by atoms with Crippen LogP contribution in [0.25, 0.3) is 0 Å². The number of hydrogen-bond acceptors (Lipinski definition) is 2. The van der Waals surface area contributed by atoms with Crippen molar-refractivity contribution in [3.63, 3.8) is 0 Å². The third-order valence-corrected chi connectivity index (χ3v) is 4.56. The Labute approximate surface area is 119 Å². The van der Waals surface area contributed by atoms with Crippen molar-refractivity contribution in [1.29, 1.82) is 0 Å². The number of allylic oxidation sites excluding steroid dienone is 1. The maximum absolute atomic E-state index is 6.03. The maximum atomic E-state index is 6.03. The van der Waals surface area contributed by atoms with Crippen LogP contribution < -0.4 is 0 Å². The maximum Gasteiger partial charge on any atom is 0.164 e. The van der Waals surface area contributed by atoms with Gasteiger partial charge >= 0.3 is 0 Å². The first-order valence-corrected chi connectivity index (χ1v) is 10.7. The molecule has 0 amide bonds. The summed E-state index contributed by atoms with van der Waals surface area (Å²) in [5.41, 5.74) is 1.19. The third-order valence-electron chi connectivity index (χ3n) is 3.13. The Bertz CT molecular complexity index is 363. The average Bonchev–Trinajstić information content (AvgIpc) is 2.26. The molecule has 0 spiro atoms. The second kappa shape index (κ2) is 6.20. The molecule has 0 aromatic rings. The largest absolute Gasteiger partial charge is 0.343 e. The summed E-state index contributed by atoms with van der Waals surface area (Å²) in [7, 11) is -1.09. The normalized spacial score (nSPS) is 27.9. The highest BCUT2D eigenvalue weighted by Crippen LogP contribution is 2.31. The summed E-state index contributed by atoms with van der Waals surface area (Å²) in [6.07, 6.45) is 7.00. The Kier molecular flexibility index (Phi) is 5.36. The van der Waals surface area contributed by atoms with Gasteiger partial charge < -0.3 is 9.47 Å². The molecule has 0 aromatic carbocycles. The third kappa shape index (κ3) is 5.47. The zero-order chi connectivity index (χ0) is 14.7. The quantitative estimate of drug-likeness (QED) is 0.418. The van der Waals surface area contributed by atoms with E-state index in [0.717, 1.165) is 12.5 Å². The predicted molar refractivity (Wildman–Crippen MR) is 85.1 cm³/mol. The van der Waals surface area contributed by atoms with Gasteiger partial charge in [0.1, 0.15) is 0 Å². The lowest BCUT2D eigenvalue weighted by molar-refractivity contribution is -0.282. The Balaban J connectivity index is 2.85. The molecular weight excluding hydrogens is 252 g/mol. The summed E-state index contributed by atoms with van der Waals surface area (Å²) < 4.78 is 11.8. The van der Waals surface area contributed by atoms with Gasteiger partial charge in [0.15, 0.2) is 5.79 Å². The second-order valence-electron chi connectivity index (χ2n) is 6.81. The van der Waals surface area contributed by atoms with E-state index in [4.69, 9.17) is 9.47 Å². The van der Waals surface area contributed by atoms with Crippen molar-refractivity contribution in [2.75, 3.05) is 0 Å². The van der Waals surface area contributed by atoms with Crippen molar-refractivity contribution in [1.82, 2.24) is 0 Å². The number of hydrogen-bond donors (Lipinski definition) is 0. The van der Waals surface area contributed by atoms with Crippen LogP contribution in [0.15, 0.2) is 37.0 Å². The lowest BCUT2D eigenvalue weighted by Crippen LogP contribution is -2.44. The molecule has 2 atom stereocenters. The predicted octanol–water partition coefficient (Wildman–Crippen LogP) is 4.53. The van der Waals surface area contributed by atoms with E-state index < -0.39 is 13.9 Å². The molecule has 1 fully saturated rings. The first-order chi connectivity index (χ1) is 8.67. The zero-order valence-electron chi connectivity index (χ0n) is 13.0. The van der Waals surface area contributed by atoms with Crippen molar-refractivity contribution in [3.05, 3.63) is 37.0 Å². The molecule has 1 saturated heterocycles. The first kappa shape index (κ1) is 16.4. The molecule has 1 heterocycles. The van der Waals surface area contributed by atoms with Gasteiger partial charge in [0.05, 0.1) is 12.2 Å². The number of ether oxygens (including phenoxy) is 2. The van der Waals surface area contributed by atoms with E-state index in [-0.39, 0.29) is 12.2 Å². The van der Waals surface area contributed by atoms with Gasteiger partial charge in [-0.2, -0.15) is 0 Å². The first-order valence-electron chi connectivity index (χ1n) is 6.97. The minimum atomic E-state index is -1.09. The van der Waals surface area contributed by atoms with E-state index >= 15 is 0 Å². The van der Waals surface area contributed by atoms with Crippen LogP contribution in [0.5, 0.6) is 0 Å². The van der Waals surface area contributed by atoms with Crippen LogP contribution in [0.2, 0.25) is 25.7 Å². The van der Waals surface area contributed by atoms with E-state index in [9.17, 15) is 0 Å². The summed E-state index contributed by atoms with van der Waals surface area (Å²) in [4.78, 5) is 0. The lowest BCUT2D eigenvalue weighted by atomic mass is 10.0. The molecule has 108 valence electrons. The highest BCUT2D eigenvalue weighted by molar-refractivity contribution is 6.76. The zero-order valence-corrected chi connectivity index (χ0v) is 14.0. The smallest absolute Gasteiger partial charge is 0.164 e. The average molecular weight is 280 g/mol. The van der Waals surface area contributed by atoms with E-state index in [1.807, 2.05) is 26.0 Å². The molecule has 2 nitrogen and oxygen atoms in total. The summed E-state index contributed by atoms with van der Waals surface area (Å²) in [6, 6.07) is 1.15. The Morgan fingerprint density at radius 1 is 1.26 bits per heavy atom. The molecule has 0 saturated carbocycles. The van der Waals surface area contributed by atoms with E-state index in [1.54, 1.807) is 0 Å². The SMILES string of the molecule is C=CC(=CC[Si](C)(C)C)[C@H]1C[C@@H](C=C)OC(C)(C)O1. The summed E-state index contributed by atoms with van der Waals surface area (Å²) >= 11 is 0. The Hall–Kier alpha value is -0.643. The van der Waals surface area contributed by atoms with Crippen LogP contribution in [0.3, 0.4) is 0 Å². The van der Waals surface area contributed by atoms with E-state index in [0.29, 0.717) is 0 Å². The fourth-order valence-electron chi connectivity index (χ4n) is 2.16. The molecule has 0 aliphatic carbocycles. The van der Waals surface area contributed by atoms with Gasteiger partial charge in [0.2, 0.25) is 0 Å². The molecule has 19 heavy (non-hydrogen) atoms. The van der Waals surface area contributed by atoms with Gasteiger partial charge in [0.25, 0.3) is 0 Å². The molecule has 0 unspecified atom stereocenters. The van der Waals surface area contributed by atoms with Crippen LogP contribution in [0.4, 0.5) is 0 Å². The van der Waals surface area contributed by atoms with Gasteiger partial charge in [0, 0.05) is 14.5 Å². The minimum absolute atomic E-state index is 0.0454. The Morgan fingerprint density at radius 3 is 2.37 bits per heavy atom. The topological polar surface area (TPSA) is 18.5 Å². The van der Waals surface area contributed by atoms with Crippen molar-refractivity contribution < 1.29 is 9.47 Å². The molecular formula is C16H28O2Si. The molecule has 1 aliphatic heterocycles. The van der Waals surface area contributed by atoms with Crippen molar-refractivity contribution in [2.45, 2.75) is 63.9 Å². The van der Waals surface area contributed by atoms with Crippen LogP contribution >= 0.6 is 0 Å². The fraction of sp³-hybridized carbons (Fsp3) is 0.625. The summed E-state index contributed by atoms with van der Waals surface area (Å²) in [5, 5.41) is 0. The van der Waals surface area contributed by atoms with Crippen LogP contribution in [-0.2, 0) is 9.47 Å². The van der Waals surface area contributed by atoms with Crippen LogP contribution in [0, 0.1) is 0 Å². The molecule has 0 bridgehead atoms. The molecule has 1 aliphatic rings. The van der Waals surface area contributed by atoms with Gasteiger partial charge in [-0.15, -0.1) is 6.58 Å². The van der Waals surface area contributed by atoms with Crippen molar-refractivity contribution in [2.24, 2.45) is 0 Å². The highest BCUT2D eigenvalue weighted by Gasteiger charge is 2.35. The van der Waals surface area contributed by atoms with Gasteiger partial charge in [-0.3, -0.25) is 0 Å². The highest BCUT2D eigenvalue weighted by atomic mass is 28.3. The second-order valence-corrected chi connectivity index (χ2v) is 12.3. The van der Waals surface area contributed by atoms with E-state index in [2.05, 4.69) is 38.9 Å². The number of rotatable bonds is 5. The van der Waals surface area contributed by atoms with Crippen LogP contribution in [0.1, 0.15) is 20.3 Å². The van der Waals surface area contributed by atoms with Gasteiger partial charge in [-0.25, -0.2) is 0 Å². The van der Waals surface area contributed by atoms with Gasteiger partial charge in [-0.1, -0.05) is 44.4 Å². The standard InChI is InChI=1S/C16H28O2Si/c1-8-13(10-11-19(5,6)7)15-12-14(9-2)17-16(3,4)18-15/h8-10,14-15H,1-2,11-12H2,3-7H3/t14-,15-/m1/s1. The van der Waals surface area contributed by atoms with Crippen LogP contribution in [-0.4, -0.2) is 26.1 Å². The van der Waals surface area contributed by atoms with E-state index in [1.165, 1.54) is 5.57 Å². The minimum Gasteiger partial charge on any atom is -0.343 e. The molecule has 1 rings (SSSR count). The summed E-state index contributed by atoms with van der Waals surface area (Å²) in [6.45, 7) is 18.8. The molecule has 0 radical (unpaired) electrons. The monoisotopic (exact) mass is 280 g/mol. The molecule has 0 aromatic heterocycles. The van der Waals surface area contributed by atoms with Crippen molar-refractivity contribution in [3.8, 4) is 0 Å². The molecule has 3 heteroatoms. The van der Waals surface area contributed by atoms with Gasteiger partial charge in [-0.05, 0) is 25.5 Å². The molecule has 0 N–H and O–H groups in total. The fourth-order valence-corrected chi connectivity index (χ4v) is 3.01. The lowest BCUT2D eigenvalue weighted by Gasteiger charge is -2.40. The summed E-state index contributed by atoms with van der Waals surface area (Å²) in [5.74, 6) is -0.566.